The van der Waals surface area contributed by atoms with Crippen LogP contribution in [0, 0.1) is 0 Å². The lowest BCUT2D eigenvalue weighted by Crippen LogP contribution is -2.35. The van der Waals surface area contributed by atoms with E-state index in [1.807, 2.05) is 6.92 Å². The molecule has 1 heterocycles. The van der Waals surface area contributed by atoms with Crippen LogP contribution in [-0.4, -0.2) is 24.7 Å². The Labute approximate surface area is 67.1 Å². The molecule has 1 aliphatic heterocycles. The first-order chi connectivity index (χ1) is 5.24. The van der Waals surface area contributed by atoms with Crippen molar-refractivity contribution in [1.82, 2.24) is 5.32 Å². The zero-order chi connectivity index (χ0) is 8.27. The minimum Gasteiger partial charge on any atom is -0.465 e. The highest BCUT2D eigenvalue weighted by molar-refractivity contribution is 5.76. The van der Waals surface area contributed by atoms with E-state index in [9.17, 15) is 4.79 Å². The van der Waals surface area contributed by atoms with Crippen molar-refractivity contribution in [3.8, 4) is 0 Å². The Bertz CT molecular complexity index is 147. The average Bonchev–Trinajstić information content (AvgIpc) is 2.36. The molecular weight excluding hydrogens is 142 g/mol. The van der Waals surface area contributed by atoms with E-state index in [1.165, 1.54) is 0 Å². The second kappa shape index (κ2) is 3.72. The van der Waals surface area contributed by atoms with Crippen LogP contribution in [-0.2, 0) is 9.53 Å². The maximum Gasteiger partial charge on any atom is 0.323 e. The average molecular weight is 157 g/mol. The number of esters is 1. The molecule has 0 aromatic carbocycles. The molecule has 64 valence electrons. The van der Waals surface area contributed by atoms with Gasteiger partial charge in [0.25, 0.3) is 0 Å². The summed E-state index contributed by atoms with van der Waals surface area (Å²) in [6.07, 6.45) is 1.99. The molecule has 0 radical (unpaired) electrons. The van der Waals surface area contributed by atoms with Gasteiger partial charge in [0.1, 0.15) is 6.04 Å². The lowest BCUT2D eigenvalue weighted by molar-refractivity contribution is -0.145. The van der Waals surface area contributed by atoms with Gasteiger partial charge in [-0.05, 0) is 26.7 Å². The fourth-order valence-electron chi connectivity index (χ4n) is 1.36. The second-order valence-electron chi connectivity index (χ2n) is 2.95. The zero-order valence-electron chi connectivity index (χ0n) is 7.09. The topological polar surface area (TPSA) is 38.3 Å². The monoisotopic (exact) mass is 157 g/mol. The van der Waals surface area contributed by atoms with E-state index in [1.54, 1.807) is 0 Å². The van der Waals surface area contributed by atoms with Gasteiger partial charge in [-0.25, -0.2) is 0 Å². The molecule has 1 rings (SSSR count). The maximum absolute atomic E-state index is 11.1. The van der Waals surface area contributed by atoms with Crippen molar-refractivity contribution < 1.29 is 9.53 Å². The third kappa shape index (κ3) is 2.19. The molecule has 0 aromatic heterocycles. The minimum atomic E-state index is -0.100. The van der Waals surface area contributed by atoms with Gasteiger partial charge in [-0.15, -0.1) is 0 Å². The van der Waals surface area contributed by atoms with Gasteiger partial charge < -0.3 is 10.1 Å². The van der Waals surface area contributed by atoms with Crippen LogP contribution in [0.15, 0.2) is 0 Å². The Kier molecular flexibility index (Phi) is 2.88. The molecule has 2 unspecified atom stereocenters. The summed E-state index contributed by atoms with van der Waals surface area (Å²) in [5.41, 5.74) is 0. The third-order valence-corrected chi connectivity index (χ3v) is 1.95. The van der Waals surface area contributed by atoms with Crippen LogP contribution in [0.1, 0.15) is 26.7 Å². The van der Waals surface area contributed by atoms with Crippen LogP contribution in [0.5, 0.6) is 0 Å². The Morgan fingerprint density at radius 1 is 1.64 bits per heavy atom. The van der Waals surface area contributed by atoms with Gasteiger partial charge in [0, 0.05) is 6.04 Å². The van der Waals surface area contributed by atoms with Crippen molar-refractivity contribution in [3.63, 3.8) is 0 Å². The summed E-state index contributed by atoms with van der Waals surface area (Å²) in [4.78, 5) is 11.1. The Balaban J connectivity index is 2.31. The van der Waals surface area contributed by atoms with E-state index in [2.05, 4.69) is 12.2 Å². The fourth-order valence-corrected chi connectivity index (χ4v) is 1.36. The van der Waals surface area contributed by atoms with Crippen LogP contribution < -0.4 is 5.32 Å². The summed E-state index contributed by atoms with van der Waals surface area (Å²) < 4.78 is 4.87. The summed E-state index contributed by atoms with van der Waals surface area (Å²) in [6.45, 7) is 4.39. The van der Waals surface area contributed by atoms with Crippen LogP contribution in [0.3, 0.4) is 0 Å². The standard InChI is InChI=1S/C8H15NO2/c1-3-11-8(10)7-5-4-6(2)9-7/h6-7,9H,3-5H2,1-2H3. The molecule has 1 aliphatic rings. The first kappa shape index (κ1) is 8.53. The molecule has 1 N–H and O–H groups in total. The highest BCUT2D eigenvalue weighted by Gasteiger charge is 2.27. The smallest absolute Gasteiger partial charge is 0.323 e. The van der Waals surface area contributed by atoms with E-state index in [0.29, 0.717) is 12.6 Å². The molecular formula is C8H15NO2. The second-order valence-corrected chi connectivity index (χ2v) is 2.95. The molecule has 1 saturated heterocycles. The molecule has 0 aliphatic carbocycles. The van der Waals surface area contributed by atoms with Gasteiger partial charge in [0.05, 0.1) is 6.61 Å². The van der Waals surface area contributed by atoms with Crippen molar-refractivity contribution in [2.24, 2.45) is 0 Å². The molecule has 0 aromatic rings. The quantitative estimate of drug-likeness (QED) is 0.599. The minimum absolute atomic E-state index is 0.0510. The van der Waals surface area contributed by atoms with Gasteiger partial charge in [-0.2, -0.15) is 0 Å². The highest BCUT2D eigenvalue weighted by atomic mass is 16.5. The van der Waals surface area contributed by atoms with Crippen molar-refractivity contribution in [1.29, 1.82) is 0 Å². The Morgan fingerprint density at radius 2 is 2.36 bits per heavy atom. The number of carbonyl (C=O) groups is 1. The molecule has 11 heavy (non-hydrogen) atoms. The summed E-state index contributed by atoms with van der Waals surface area (Å²) in [5, 5.41) is 3.16. The van der Waals surface area contributed by atoms with Gasteiger partial charge in [-0.1, -0.05) is 0 Å². The van der Waals surface area contributed by atoms with Crippen molar-refractivity contribution in [3.05, 3.63) is 0 Å². The lowest BCUT2D eigenvalue weighted by Gasteiger charge is -2.09. The lowest BCUT2D eigenvalue weighted by atomic mass is 10.2. The van der Waals surface area contributed by atoms with Crippen LogP contribution >= 0.6 is 0 Å². The molecule has 0 saturated carbocycles. The Morgan fingerprint density at radius 3 is 2.82 bits per heavy atom. The first-order valence-corrected chi connectivity index (χ1v) is 4.16. The first-order valence-electron chi connectivity index (χ1n) is 4.16. The maximum atomic E-state index is 11.1. The number of rotatable bonds is 2. The summed E-state index contributed by atoms with van der Waals surface area (Å²) in [5.74, 6) is -0.100. The van der Waals surface area contributed by atoms with Crippen molar-refractivity contribution >= 4 is 5.97 Å². The molecule has 0 bridgehead atoms. The number of nitrogens with one attached hydrogen (secondary N) is 1. The van der Waals surface area contributed by atoms with Gasteiger partial charge in [-0.3, -0.25) is 4.79 Å². The van der Waals surface area contributed by atoms with E-state index >= 15 is 0 Å². The van der Waals surface area contributed by atoms with Crippen LogP contribution in [0.25, 0.3) is 0 Å². The van der Waals surface area contributed by atoms with Crippen molar-refractivity contribution in [2.45, 2.75) is 38.8 Å². The number of hydrogen-bond acceptors (Lipinski definition) is 3. The molecule has 0 spiro atoms. The molecule has 3 nitrogen and oxygen atoms in total. The summed E-state index contributed by atoms with van der Waals surface area (Å²) in [6, 6.07) is 0.411. The third-order valence-electron chi connectivity index (χ3n) is 1.95. The summed E-state index contributed by atoms with van der Waals surface area (Å²) >= 11 is 0. The number of carbonyl (C=O) groups excluding carboxylic acids is 1. The highest BCUT2D eigenvalue weighted by Crippen LogP contribution is 2.12. The SMILES string of the molecule is CCOC(=O)C1CCC(C)N1. The largest absolute Gasteiger partial charge is 0.465 e. The van der Waals surface area contributed by atoms with Gasteiger partial charge >= 0.3 is 5.97 Å². The molecule has 0 amide bonds. The number of hydrogen-bond donors (Lipinski definition) is 1. The predicted molar refractivity (Wildman–Crippen MR) is 42.3 cm³/mol. The van der Waals surface area contributed by atoms with E-state index in [-0.39, 0.29) is 12.0 Å². The molecule has 1 fully saturated rings. The zero-order valence-corrected chi connectivity index (χ0v) is 7.09. The van der Waals surface area contributed by atoms with Gasteiger partial charge in [0.2, 0.25) is 0 Å². The molecule has 3 heteroatoms. The van der Waals surface area contributed by atoms with E-state index < -0.39 is 0 Å². The Hall–Kier alpha value is -0.570. The predicted octanol–water partition coefficient (Wildman–Crippen LogP) is 0.690. The molecule has 2 atom stereocenters. The van der Waals surface area contributed by atoms with E-state index in [0.717, 1.165) is 12.8 Å². The van der Waals surface area contributed by atoms with E-state index in [4.69, 9.17) is 4.74 Å². The number of ether oxygens (including phenoxy) is 1. The van der Waals surface area contributed by atoms with Crippen molar-refractivity contribution in [2.75, 3.05) is 6.61 Å². The van der Waals surface area contributed by atoms with Crippen LogP contribution in [0.2, 0.25) is 0 Å². The summed E-state index contributed by atoms with van der Waals surface area (Å²) in [7, 11) is 0. The fraction of sp³-hybridized carbons (Fsp3) is 0.875. The normalized spacial score (nSPS) is 30.4. The van der Waals surface area contributed by atoms with Crippen LogP contribution in [0.4, 0.5) is 0 Å². The van der Waals surface area contributed by atoms with Gasteiger partial charge in [0.15, 0.2) is 0 Å².